The molecule has 6 nitrogen and oxygen atoms in total. The van der Waals surface area contributed by atoms with Gasteiger partial charge >= 0.3 is 5.63 Å². The van der Waals surface area contributed by atoms with E-state index in [1.807, 2.05) is 55.4 Å². The summed E-state index contributed by atoms with van der Waals surface area (Å²) < 4.78 is 5.57. The van der Waals surface area contributed by atoms with Crippen LogP contribution in [-0.2, 0) is 0 Å². The maximum Gasteiger partial charge on any atom is 0.347 e. The van der Waals surface area contributed by atoms with E-state index in [4.69, 9.17) is 4.42 Å². The summed E-state index contributed by atoms with van der Waals surface area (Å²) in [6, 6.07) is 13.4. The lowest BCUT2D eigenvalue weighted by Crippen LogP contribution is -2.40. The fourth-order valence-electron chi connectivity index (χ4n) is 4.11. The molecule has 6 heteroatoms. The van der Waals surface area contributed by atoms with Crippen LogP contribution < -0.4 is 20.3 Å². The van der Waals surface area contributed by atoms with E-state index < -0.39 is 5.63 Å². The summed E-state index contributed by atoms with van der Waals surface area (Å²) in [5, 5.41) is 0.756. The first-order valence-electron chi connectivity index (χ1n) is 11.0. The minimum atomic E-state index is -0.610. The van der Waals surface area contributed by atoms with Crippen molar-refractivity contribution in [3.8, 4) is 0 Å². The molecule has 1 aromatic heterocycles. The highest BCUT2D eigenvalue weighted by Gasteiger charge is 2.23. The van der Waals surface area contributed by atoms with Crippen LogP contribution in [0.4, 0.5) is 17.1 Å². The molecule has 0 fully saturated rings. The molecule has 0 saturated carbocycles. The van der Waals surface area contributed by atoms with Crippen molar-refractivity contribution in [2.24, 2.45) is 0 Å². The first-order chi connectivity index (χ1) is 15.4. The van der Waals surface area contributed by atoms with Crippen molar-refractivity contribution < 1.29 is 9.21 Å². The van der Waals surface area contributed by atoms with E-state index in [0.29, 0.717) is 5.58 Å². The van der Waals surface area contributed by atoms with Gasteiger partial charge < -0.3 is 19.1 Å². The zero-order valence-electron chi connectivity index (χ0n) is 19.1. The summed E-state index contributed by atoms with van der Waals surface area (Å²) >= 11 is 0. The molecule has 0 saturated heterocycles. The summed E-state index contributed by atoms with van der Waals surface area (Å²) in [6.07, 6.45) is 3.15. The molecule has 0 N–H and O–H groups in total. The van der Waals surface area contributed by atoms with Crippen molar-refractivity contribution in [2.45, 2.75) is 13.8 Å². The van der Waals surface area contributed by atoms with Crippen LogP contribution in [-0.4, -0.2) is 46.1 Å². The van der Waals surface area contributed by atoms with Crippen molar-refractivity contribution in [3.05, 3.63) is 70.1 Å². The van der Waals surface area contributed by atoms with Crippen LogP contribution >= 0.6 is 0 Å². The summed E-state index contributed by atoms with van der Waals surface area (Å²) in [5.41, 5.74) is 4.08. The highest BCUT2D eigenvalue weighted by Crippen LogP contribution is 2.36. The van der Waals surface area contributed by atoms with E-state index in [1.54, 1.807) is 12.1 Å². The van der Waals surface area contributed by atoms with Crippen LogP contribution in [0.3, 0.4) is 0 Å². The largest absolute Gasteiger partial charge is 0.422 e. The molecule has 2 aromatic carbocycles. The number of ketones is 1. The van der Waals surface area contributed by atoms with E-state index in [0.717, 1.165) is 54.2 Å². The fourth-order valence-corrected chi connectivity index (χ4v) is 4.11. The van der Waals surface area contributed by atoms with Crippen molar-refractivity contribution in [1.29, 1.82) is 0 Å². The molecular weight excluding hydrogens is 402 g/mol. The number of anilines is 3. The fraction of sp³-hybridized carbons (Fsp3) is 0.308. The van der Waals surface area contributed by atoms with Gasteiger partial charge in [-0.3, -0.25) is 4.79 Å². The highest BCUT2D eigenvalue weighted by molar-refractivity contribution is 6.08. The molecule has 0 bridgehead atoms. The van der Waals surface area contributed by atoms with Crippen molar-refractivity contribution >= 4 is 39.9 Å². The predicted octanol–water partition coefficient (Wildman–Crippen LogP) is 4.42. The molecule has 0 unspecified atom stereocenters. The molecule has 0 atom stereocenters. The third kappa shape index (κ3) is 4.13. The first kappa shape index (κ1) is 21.7. The number of allylic oxidation sites excluding steroid dienone is 1. The van der Waals surface area contributed by atoms with Gasteiger partial charge in [-0.25, -0.2) is 4.79 Å². The summed E-state index contributed by atoms with van der Waals surface area (Å²) in [4.78, 5) is 32.0. The lowest BCUT2D eigenvalue weighted by molar-refractivity contribution is 0.104. The molecule has 4 rings (SSSR count). The van der Waals surface area contributed by atoms with Gasteiger partial charge in [0.2, 0.25) is 0 Å². The quantitative estimate of drug-likeness (QED) is 0.327. The van der Waals surface area contributed by atoms with Crippen LogP contribution in [0.15, 0.2) is 57.8 Å². The van der Waals surface area contributed by atoms with Gasteiger partial charge in [0.25, 0.3) is 0 Å². The Hall–Kier alpha value is -3.54. The molecule has 2 heterocycles. The van der Waals surface area contributed by atoms with Gasteiger partial charge in [-0.15, -0.1) is 0 Å². The van der Waals surface area contributed by atoms with Gasteiger partial charge in [-0.05, 0) is 49.8 Å². The van der Waals surface area contributed by atoms with Gasteiger partial charge in [0.15, 0.2) is 5.78 Å². The monoisotopic (exact) mass is 431 g/mol. The van der Waals surface area contributed by atoms with E-state index >= 15 is 0 Å². The maximum atomic E-state index is 12.8. The normalized spacial score (nSPS) is 13.6. The number of rotatable bonds is 6. The number of carbonyl (C=O) groups is 1. The van der Waals surface area contributed by atoms with E-state index in [2.05, 4.69) is 23.6 Å². The van der Waals surface area contributed by atoms with Gasteiger partial charge in [0.1, 0.15) is 11.1 Å². The second-order valence-corrected chi connectivity index (χ2v) is 8.17. The Kier molecular flexibility index (Phi) is 6.04. The van der Waals surface area contributed by atoms with Gasteiger partial charge in [0.05, 0.1) is 11.4 Å². The van der Waals surface area contributed by atoms with Crippen molar-refractivity contribution in [2.75, 3.05) is 55.0 Å². The van der Waals surface area contributed by atoms with Crippen LogP contribution in [0.5, 0.6) is 0 Å². The molecule has 0 aliphatic carbocycles. The lowest BCUT2D eigenvalue weighted by atomic mass is 10.1. The Morgan fingerprint density at radius 2 is 1.62 bits per heavy atom. The summed E-state index contributed by atoms with van der Waals surface area (Å²) in [7, 11) is 3.95. The number of carbonyl (C=O) groups excluding carboxylic acids is 1. The van der Waals surface area contributed by atoms with Gasteiger partial charge in [-0.2, -0.15) is 0 Å². The summed E-state index contributed by atoms with van der Waals surface area (Å²) in [5.74, 6) is -0.363. The second kappa shape index (κ2) is 8.91. The van der Waals surface area contributed by atoms with Crippen LogP contribution in [0.1, 0.15) is 29.8 Å². The molecule has 32 heavy (non-hydrogen) atoms. The average Bonchev–Trinajstić information content (AvgIpc) is 2.80. The number of hydrogen-bond donors (Lipinski definition) is 0. The maximum absolute atomic E-state index is 12.8. The average molecular weight is 432 g/mol. The second-order valence-electron chi connectivity index (χ2n) is 8.17. The Morgan fingerprint density at radius 3 is 2.22 bits per heavy atom. The number of nitrogens with zero attached hydrogens (tertiary/aromatic N) is 3. The Balaban J connectivity index is 1.68. The van der Waals surface area contributed by atoms with Crippen LogP contribution in [0.2, 0.25) is 0 Å². The Labute approximate surface area is 188 Å². The Morgan fingerprint density at radius 1 is 1.00 bits per heavy atom. The smallest absolute Gasteiger partial charge is 0.347 e. The zero-order chi connectivity index (χ0) is 22.8. The molecular formula is C26H29N3O3. The van der Waals surface area contributed by atoms with Gasteiger partial charge in [-0.1, -0.05) is 18.2 Å². The molecule has 0 amide bonds. The first-order valence-corrected chi connectivity index (χ1v) is 11.0. The minimum absolute atomic E-state index is 0.0461. The van der Waals surface area contributed by atoms with Crippen molar-refractivity contribution in [3.63, 3.8) is 0 Å². The molecule has 1 aliphatic rings. The molecule has 0 spiro atoms. The number of likely N-dealkylation sites (N-methyl/N-ethyl adjacent to an activating group) is 2. The zero-order valence-corrected chi connectivity index (χ0v) is 19.1. The lowest BCUT2D eigenvalue weighted by Gasteiger charge is -2.38. The number of fused-ring (bicyclic) bond motifs is 2. The highest BCUT2D eigenvalue weighted by atomic mass is 16.4. The van der Waals surface area contributed by atoms with Gasteiger partial charge in [0, 0.05) is 57.4 Å². The van der Waals surface area contributed by atoms with E-state index in [9.17, 15) is 9.59 Å². The number of hydrogen-bond acceptors (Lipinski definition) is 6. The summed E-state index contributed by atoms with van der Waals surface area (Å²) in [6.45, 7) is 7.91. The number of benzene rings is 2. The third-order valence-electron chi connectivity index (χ3n) is 6.02. The minimum Gasteiger partial charge on any atom is -0.422 e. The molecule has 3 aromatic rings. The molecule has 0 radical (unpaired) electrons. The molecule has 166 valence electrons. The predicted molar refractivity (Wildman–Crippen MR) is 132 cm³/mol. The van der Waals surface area contributed by atoms with Crippen LogP contribution in [0, 0.1) is 0 Å². The Bertz CT molecular complexity index is 1230. The SMILES string of the molecule is CCN1CCN(CC)c2cc3oc(=O)c(C(=O)/C=C/c4ccc(N(C)C)cc4)cc3cc21. The van der Waals surface area contributed by atoms with Crippen LogP contribution in [0.25, 0.3) is 17.0 Å². The standard InChI is InChI=1S/C26H29N3O3/c1-5-28-13-14-29(6-2)23-17-25-19(16-22(23)28)15-21(26(31)32-25)24(30)12-9-18-7-10-20(11-8-18)27(3)4/h7-12,15-17H,5-6,13-14H2,1-4H3/b12-9+. The third-order valence-corrected chi connectivity index (χ3v) is 6.02. The topological polar surface area (TPSA) is 57.0 Å². The van der Waals surface area contributed by atoms with E-state index in [-0.39, 0.29) is 11.3 Å². The van der Waals surface area contributed by atoms with Crippen molar-refractivity contribution in [1.82, 2.24) is 0 Å². The molecule has 1 aliphatic heterocycles. The van der Waals surface area contributed by atoms with E-state index in [1.165, 1.54) is 6.08 Å².